The molecule has 1 N–H and O–H groups in total. The van der Waals surface area contributed by atoms with Gasteiger partial charge in [0.1, 0.15) is 9.84 Å². The number of aromatic nitrogens is 1. The molecule has 0 bridgehead atoms. The van der Waals surface area contributed by atoms with Crippen LogP contribution in [0.25, 0.3) is 10.9 Å². The predicted octanol–water partition coefficient (Wildman–Crippen LogP) is 2.07. The molecule has 0 spiro atoms. The summed E-state index contributed by atoms with van der Waals surface area (Å²) in [6.07, 6.45) is 1.26. The van der Waals surface area contributed by atoms with Crippen molar-refractivity contribution in [2.45, 2.75) is 26.4 Å². The number of pyridine rings is 1. The molecule has 0 aliphatic rings. The van der Waals surface area contributed by atoms with Crippen LogP contribution in [0.5, 0.6) is 0 Å². The number of hydrogen-bond donors (Lipinski definition) is 1. The number of para-hydroxylation sites is 1. The number of sulfone groups is 1. The normalized spacial score (nSPS) is 13.6. The Bertz CT molecular complexity index is 711. The molecule has 0 fully saturated rings. The van der Waals surface area contributed by atoms with Crippen molar-refractivity contribution in [2.75, 3.05) is 12.0 Å². The van der Waals surface area contributed by atoms with Gasteiger partial charge >= 0.3 is 0 Å². The summed E-state index contributed by atoms with van der Waals surface area (Å²) in [5.74, 6) is 0.148. The van der Waals surface area contributed by atoms with Gasteiger partial charge in [0.2, 0.25) is 0 Å². The van der Waals surface area contributed by atoms with Gasteiger partial charge in [-0.15, -0.1) is 0 Å². The van der Waals surface area contributed by atoms with Crippen LogP contribution in [0.4, 0.5) is 0 Å². The molecule has 1 atom stereocenters. The van der Waals surface area contributed by atoms with E-state index in [9.17, 15) is 8.42 Å². The molecule has 1 aromatic carbocycles. The van der Waals surface area contributed by atoms with E-state index in [1.165, 1.54) is 6.26 Å². The SMILES string of the molecule is Cc1cc(CNC(C)CS(C)(=O)=O)c2ccccc2n1. The van der Waals surface area contributed by atoms with Gasteiger partial charge in [0.15, 0.2) is 0 Å². The summed E-state index contributed by atoms with van der Waals surface area (Å²) in [4.78, 5) is 4.50. The van der Waals surface area contributed by atoms with Crippen LogP contribution in [-0.4, -0.2) is 31.5 Å². The van der Waals surface area contributed by atoms with Crippen LogP contribution in [0.3, 0.4) is 0 Å². The van der Waals surface area contributed by atoms with Crippen LogP contribution in [0.15, 0.2) is 30.3 Å². The minimum atomic E-state index is -2.95. The molecule has 5 heteroatoms. The summed E-state index contributed by atoms with van der Waals surface area (Å²) in [5, 5.41) is 4.38. The molecule has 1 unspecified atom stereocenters. The van der Waals surface area contributed by atoms with Gasteiger partial charge in [-0.25, -0.2) is 8.42 Å². The van der Waals surface area contributed by atoms with Gasteiger partial charge in [-0.3, -0.25) is 4.98 Å². The zero-order chi connectivity index (χ0) is 14.8. The summed E-state index contributed by atoms with van der Waals surface area (Å²) in [6.45, 7) is 4.49. The predicted molar refractivity (Wildman–Crippen MR) is 82.5 cm³/mol. The Labute approximate surface area is 120 Å². The van der Waals surface area contributed by atoms with E-state index < -0.39 is 9.84 Å². The van der Waals surface area contributed by atoms with Gasteiger partial charge in [-0.1, -0.05) is 18.2 Å². The van der Waals surface area contributed by atoms with Gasteiger partial charge in [0.25, 0.3) is 0 Å². The van der Waals surface area contributed by atoms with Crippen molar-refractivity contribution in [3.05, 3.63) is 41.6 Å². The first-order valence-corrected chi connectivity index (χ1v) is 8.67. The third kappa shape index (κ3) is 4.02. The fourth-order valence-electron chi connectivity index (χ4n) is 2.34. The standard InChI is InChI=1S/C15H20N2O2S/c1-11-8-13(9-16-12(2)10-20(3,18)19)14-6-4-5-7-15(14)17-11/h4-8,12,16H,9-10H2,1-3H3. The average molecular weight is 292 g/mol. The van der Waals surface area contributed by atoms with Gasteiger partial charge in [0, 0.05) is 29.9 Å². The molecule has 0 aliphatic heterocycles. The van der Waals surface area contributed by atoms with E-state index in [0.717, 1.165) is 22.2 Å². The van der Waals surface area contributed by atoms with Crippen LogP contribution in [0.2, 0.25) is 0 Å². The summed E-state index contributed by atoms with van der Waals surface area (Å²) >= 11 is 0. The fraction of sp³-hybridized carbons (Fsp3) is 0.400. The van der Waals surface area contributed by atoms with Gasteiger partial charge in [-0.05, 0) is 31.5 Å². The highest BCUT2D eigenvalue weighted by molar-refractivity contribution is 7.90. The number of nitrogens with one attached hydrogen (secondary N) is 1. The molecule has 0 saturated carbocycles. The van der Waals surface area contributed by atoms with E-state index in [0.29, 0.717) is 6.54 Å². The molecular formula is C15H20N2O2S. The van der Waals surface area contributed by atoms with E-state index in [2.05, 4.69) is 10.3 Å². The van der Waals surface area contributed by atoms with Gasteiger partial charge in [-0.2, -0.15) is 0 Å². The molecule has 0 amide bonds. The van der Waals surface area contributed by atoms with Crippen molar-refractivity contribution in [2.24, 2.45) is 0 Å². The van der Waals surface area contributed by atoms with Crippen LogP contribution in [0, 0.1) is 6.92 Å². The fourth-order valence-corrected chi connectivity index (χ4v) is 3.36. The highest BCUT2D eigenvalue weighted by Gasteiger charge is 2.11. The molecule has 108 valence electrons. The zero-order valence-electron chi connectivity index (χ0n) is 12.1. The van der Waals surface area contributed by atoms with E-state index >= 15 is 0 Å². The zero-order valence-corrected chi connectivity index (χ0v) is 12.9. The smallest absolute Gasteiger partial charge is 0.148 e. The topological polar surface area (TPSA) is 59.1 Å². The second-order valence-corrected chi connectivity index (χ2v) is 7.50. The molecule has 2 rings (SSSR count). The maximum absolute atomic E-state index is 11.3. The molecule has 1 heterocycles. The van der Waals surface area contributed by atoms with Gasteiger partial charge < -0.3 is 5.32 Å². The maximum Gasteiger partial charge on any atom is 0.148 e. The minimum absolute atomic E-state index is 0.0720. The lowest BCUT2D eigenvalue weighted by Crippen LogP contribution is -2.32. The molecule has 4 nitrogen and oxygen atoms in total. The Kier molecular flexibility index (Phi) is 4.40. The Morgan fingerprint density at radius 2 is 2.00 bits per heavy atom. The molecule has 2 aromatic rings. The number of hydrogen-bond acceptors (Lipinski definition) is 4. The second kappa shape index (κ2) is 5.89. The lowest BCUT2D eigenvalue weighted by Gasteiger charge is -2.14. The molecule has 0 radical (unpaired) electrons. The molecule has 0 saturated heterocycles. The Morgan fingerprint density at radius 1 is 1.30 bits per heavy atom. The minimum Gasteiger partial charge on any atom is -0.309 e. The van der Waals surface area contributed by atoms with Crippen LogP contribution < -0.4 is 5.32 Å². The van der Waals surface area contributed by atoms with E-state index in [-0.39, 0.29) is 11.8 Å². The van der Waals surface area contributed by atoms with Crippen LogP contribution >= 0.6 is 0 Å². The summed E-state index contributed by atoms with van der Waals surface area (Å²) in [6, 6.07) is 9.97. The number of aryl methyl sites for hydroxylation is 1. The van der Waals surface area contributed by atoms with E-state index in [1.807, 2.05) is 44.2 Å². The van der Waals surface area contributed by atoms with Gasteiger partial charge in [0.05, 0.1) is 11.3 Å². The quantitative estimate of drug-likeness (QED) is 0.916. The lowest BCUT2D eigenvalue weighted by molar-refractivity contribution is 0.561. The summed E-state index contributed by atoms with van der Waals surface area (Å²) < 4.78 is 22.5. The Morgan fingerprint density at radius 3 is 2.70 bits per heavy atom. The number of nitrogens with zero attached hydrogens (tertiary/aromatic N) is 1. The van der Waals surface area contributed by atoms with Crippen molar-refractivity contribution in [1.29, 1.82) is 0 Å². The average Bonchev–Trinajstić information content (AvgIpc) is 2.33. The molecule has 20 heavy (non-hydrogen) atoms. The Balaban J connectivity index is 2.17. The first kappa shape index (κ1) is 14.9. The summed E-state index contributed by atoms with van der Waals surface area (Å²) in [5.41, 5.74) is 3.09. The maximum atomic E-state index is 11.3. The number of fused-ring (bicyclic) bond motifs is 1. The lowest BCUT2D eigenvalue weighted by atomic mass is 10.1. The van der Waals surface area contributed by atoms with Crippen molar-refractivity contribution in [1.82, 2.24) is 10.3 Å². The molecular weight excluding hydrogens is 272 g/mol. The van der Waals surface area contributed by atoms with E-state index in [4.69, 9.17) is 0 Å². The number of rotatable bonds is 5. The van der Waals surface area contributed by atoms with Crippen molar-refractivity contribution < 1.29 is 8.42 Å². The first-order valence-electron chi connectivity index (χ1n) is 6.61. The van der Waals surface area contributed by atoms with E-state index in [1.54, 1.807) is 0 Å². The summed E-state index contributed by atoms with van der Waals surface area (Å²) in [7, 11) is -2.95. The highest BCUT2D eigenvalue weighted by Crippen LogP contribution is 2.18. The first-order chi connectivity index (χ1) is 9.35. The largest absolute Gasteiger partial charge is 0.309 e. The monoisotopic (exact) mass is 292 g/mol. The number of benzene rings is 1. The van der Waals surface area contributed by atoms with Crippen molar-refractivity contribution in [3.8, 4) is 0 Å². The molecule has 1 aromatic heterocycles. The van der Waals surface area contributed by atoms with Crippen molar-refractivity contribution >= 4 is 20.7 Å². The van der Waals surface area contributed by atoms with Crippen molar-refractivity contribution in [3.63, 3.8) is 0 Å². The van der Waals surface area contributed by atoms with Crippen LogP contribution in [0.1, 0.15) is 18.2 Å². The molecule has 0 aliphatic carbocycles. The highest BCUT2D eigenvalue weighted by atomic mass is 32.2. The van der Waals surface area contributed by atoms with Crippen LogP contribution in [-0.2, 0) is 16.4 Å². The third-order valence-corrected chi connectivity index (χ3v) is 4.23. The second-order valence-electron chi connectivity index (χ2n) is 5.31. The third-order valence-electron chi connectivity index (χ3n) is 3.12. The Hall–Kier alpha value is -1.46.